The summed E-state index contributed by atoms with van der Waals surface area (Å²) in [6, 6.07) is 3.19. The number of carbonyl (C=O) groups is 1. The lowest BCUT2D eigenvalue weighted by molar-refractivity contribution is 0.181. The van der Waals surface area contributed by atoms with Crippen LogP contribution in [0.15, 0.2) is 47.6 Å². The van der Waals surface area contributed by atoms with Crippen molar-refractivity contribution in [3.8, 4) is 11.5 Å². The quantitative estimate of drug-likeness (QED) is 0.594. The molecule has 10 nitrogen and oxygen atoms in total. The molecule has 1 unspecified atom stereocenters. The number of nitrogens with one attached hydrogen (secondary N) is 1. The Labute approximate surface area is 174 Å². The van der Waals surface area contributed by atoms with Crippen LogP contribution in [0.3, 0.4) is 0 Å². The van der Waals surface area contributed by atoms with E-state index < -0.39 is 6.09 Å². The fourth-order valence-corrected chi connectivity index (χ4v) is 2.96. The van der Waals surface area contributed by atoms with Gasteiger partial charge in [0.2, 0.25) is 5.95 Å². The van der Waals surface area contributed by atoms with Gasteiger partial charge in [0.25, 0.3) is 0 Å². The Morgan fingerprint density at radius 2 is 2.03 bits per heavy atom. The third kappa shape index (κ3) is 4.57. The van der Waals surface area contributed by atoms with Crippen molar-refractivity contribution in [1.82, 2.24) is 24.9 Å². The van der Waals surface area contributed by atoms with Crippen molar-refractivity contribution < 1.29 is 14.3 Å². The first-order valence-electron chi connectivity index (χ1n) is 8.73. The normalized spacial score (nSPS) is 14.4. The van der Waals surface area contributed by atoms with Gasteiger partial charge < -0.3 is 14.8 Å². The summed E-state index contributed by atoms with van der Waals surface area (Å²) >= 11 is 3.35. The van der Waals surface area contributed by atoms with E-state index in [2.05, 4.69) is 46.2 Å². The molecule has 11 heteroatoms. The van der Waals surface area contributed by atoms with Crippen molar-refractivity contribution in [1.29, 1.82) is 0 Å². The van der Waals surface area contributed by atoms with Crippen molar-refractivity contribution in [2.45, 2.75) is 13.0 Å². The molecule has 1 fully saturated rings. The number of nitrogens with zero attached hydrogens (tertiary/aromatic N) is 6. The first-order chi connectivity index (χ1) is 14.1. The van der Waals surface area contributed by atoms with Gasteiger partial charge in [-0.3, -0.25) is 9.88 Å². The van der Waals surface area contributed by atoms with Crippen LogP contribution in [0.2, 0.25) is 0 Å². The van der Waals surface area contributed by atoms with Crippen LogP contribution in [0.25, 0.3) is 0 Å². The van der Waals surface area contributed by atoms with E-state index in [-0.39, 0.29) is 6.04 Å². The molecule has 0 bridgehead atoms. The average molecular weight is 458 g/mol. The first-order valence-corrected chi connectivity index (χ1v) is 9.52. The molecule has 0 aliphatic carbocycles. The van der Waals surface area contributed by atoms with Gasteiger partial charge in [0.15, 0.2) is 11.6 Å². The van der Waals surface area contributed by atoms with Crippen LogP contribution in [0, 0.1) is 0 Å². The van der Waals surface area contributed by atoms with E-state index in [4.69, 9.17) is 9.47 Å². The third-order valence-electron chi connectivity index (χ3n) is 3.97. The molecule has 1 N–H and O–H groups in total. The summed E-state index contributed by atoms with van der Waals surface area (Å²) in [5.74, 6) is 2.45. The Morgan fingerprint density at radius 3 is 2.76 bits per heavy atom. The molecule has 4 heterocycles. The van der Waals surface area contributed by atoms with E-state index in [1.165, 1.54) is 4.90 Å². The number of anilines is 2. The van der Waals surface area contributed by atoms with E-state index >= 15 is 0 Å². The van der Waals surface area contributed by atoms with Gasteiger partial charge in [-0.15, -0.1) is 0 Å². The Kier molecular flexibility index (Phi) is 5.47. The second kappa shape index (κ2) is 8.35. The van der Waals surface area contributed by atoms with E-state index in [1.54, 1.807) is 43.1 Å². The van der Waals surface area contributed by atoms with Gasteiger partial charge in [0.1, 0.15) is 18.2 Å². The smallest absolute Gasteiger partial charge is 0.415 e. The number of halogens is 1. The highest BCUT2D eigenvalue weighted by molar-refractivity contribution is 9.10. The molecule has 0 radical (unpaired) electrons. The molecule has 0 saturated carbocycles. The molecular formula is C18H16BrN7O3. The molecule has 3 aromatic heterocycles. The minimum absolute atomic E-state index is 0.266. The zero-order valence-corrected chi connectivity index (χ0v) is 16.9. The standard InChI is InChI=1S/C18H16BrN7O3/c1-11(24-17-21-3-2-15(25-17)26-4-5-28-18(26)27)16-22-9-14(10-23-16)29-13-6-12(19)7-20-8-13/h2-3,6-11H,4-5H2,1H3,(H,21,24,25). The second-order valence-electron chi connectivity index (χ2n) is 6.09. The van der Waals surface area contributed by atoms with Crippen molar-refractivity contribution in [3.05, 3.63) is 53.4 Å². The predicted molar refractivity (Wildman–Crippen MR) is 107 cm³/mol. The van der Waals surface area contributed by atoms with E-state index in [9.17, 15) is 4.79 Å². The van der Waals surface area contributed by atoms with Gasteiger partial charge in [0, 0.05) is 16.9 Å². The number of carbonyl (C=O) groups excluding carboxylic acids is 1. The molecular weight excluding hydrogens is 442 g/mol. The molecule has 29 heavy (non-hydrogen) atoms. The van der Waals surface area contributed by atoms with Crippen LogP contribution in [0.5, 0.6) is 11.5 Å². The minimum atomic E-state index is -0.415. The van der Waals surface area contributed by atoms with Gasteiger partial charge in [-0.25, -0.2) is 19.7 Å². The number of amides is 1. The molecule has 1 amide bonds. The maximum absolute atomic E-state index is 11.7. The van der Waals surface area contributed by atoms with Crippen molar-refractivity contribution >= 4 is 33.8 Å². The number of aromatic nitrogens is 5. The Morgan fingerprint density at radius 1 is 1.21 bits per heavy atom. The number of cyclic esters (lactones) is 1. The van der Waals surface area contributed by atoms with E-state index in [0.29, 0.717) is 42.2 Å². The number of pyridine rings is 1. The van der Waals surface area contributed by atoms with Crippen LogP contribution in [0.4, 0.5) is 16.6 Å². The molecule has 3 aromatic rings. The predicted octanol–water partition coefficient (Wildman–Crippen LogP) is 3.35. The lowest BCUT2D eigenvalue weighted by Gasteiger charge is -2.15. The lowest BCUT2D eigenvalue weighted by Crippen LogP contribution is -2.25. The number of hydrogen-bond donors (Lipinski definition) is 1. The van der Waals surface area contributed by atoms with E-state index in [0.717, 1.165) is 4.47 Å². The molecule has 1 aliphatic heterocycles. The number of ether oxygens (including phenoxy) is 2. The van der Waals surface area contributed by atoms with Crippen molar-refractivity contribution in [2.24, 2.45) is 0 Å². The van der Waals surface area contributed by atoms with Crippen LogP contribution in [0.1, 0.15) is 18.8 Å². The Balaban J connectivity index is 1.42. The maximum Gasteiger partial charge on any atom is 0.415 e. The van der Waals surface area contributed by atoms with Gasteiger partial charge in [-0.05, 0) is 35.0 Å². The van der Waals surface area contributed by atoms with Gasteiger partial charge in [-0.2, -0.15) is 4.98 Å². The zero-order valence-electron chi connectivity index (χ0n) is 15.3. The van der Waals surface area contributed by atoms with Gasteiger partial charge in [0.05, 0.1) is 31.2 Å². The molecule has 1 saturated heterocycles. The highest BCUT2D eigenvalue weighted by Crippen LogP contribution is 2.23. The van der Waals surface area contributed by atoms with Crippen LogP contribution >= 0.6 is 15.9 Å². The van der Waals surface area contributed by atoms with Gasteiger partial charge in [-0.1, -0.05) is 0 Å². The summed E-state index contributed by atoms with van der Waals surface area (Å²) in [6.45, 7) is 2.69. The van der Waals surface area contributed by atoms with Crippen molar-refractivity contribution in [2.75, 3.05) is 23.4 Å². The van der Waals surface area contributed by atoms with Gasteiger partial charge >= 0.3 is 6.09 Å². The van der Waals surface area contributed by atoms with Crippen LogP contribution in [-0.2, 0) is 4.74 Å². The lowest BCUT2D eigenvalue weighted by atomic mass is 10.3. The highest BCUT2D eigenvalue weighted by Gasteiger charge is 2.25. The monoisotopic (exact) mass is 457 g/mol. The summed E-state index contributed by atoms with van der Waals surface area (Å²) in [7, 11) is 0. The molecule has 1 atom stereocenters. The summed E-state index contributed by atoms with van der Waals surface area (Å²) in [4.78, 5) is 34.4. The number of rotatable bonds is 6. The zero-order chi connectivity index (χ0) is 20.2. The summed E-state index contributed by atoms with van der Waals surface area (Å²) in [6.07, 6.45) is 7.60. The van der Waals surface area contributed by atoms with E-state index in [1.807, 2.05) is 6.92 Å². The fourth-order valence-electron chi connectivity index (χ4n) is 2.62. The second-order valence-corrected chi connectivity index (χ2v) is 7.00. The SMILES string of the molecule is CC(Nc1nccc(N2CCOC2=O)n1)c1ncc(Oc2cncc(Br)c2)cn1. The van der Waals surface area contributed by atoms with Crippen LogP contribution in [-0.4, -0.2) is 44.2 Å². The third-order valence-corrected chi connectivity index (χ3v) is 4.41. The molecule has 4 rings (SSSR count). The summed E-state index contributed by atoms with van der Waals surface area (Å²) in [5, 5.41) is 3.13. The summed E-state index contributed by atoms with van der Waals surface area (Å²) in [5.41, 5.74) is 0. The molecule has 148 valence electrons. The molecule has 0 aromatic carbocycles. The molecule has 0 spiro atoms. The molecule has 1 aliphatic rings. The Bertz CT molecular complexity index is 1020. The average Bonchev–Trinajstić information content (AvgIpc) is 3.15. The Hall–Kier alpha value is -3.34. The van der Waals surface area contributed by atoms with Crippen molar-refractivity contribution in [3.63, 3.8) is 0 Å². The maximum atomic E-state index is 11.7. The summed E-state index contributed by atoms with van der Waals surface area (Å²) < 4.78 is 11.4. The minimum Gasteiger partial charge on any atom is -0.452 e. The number of hydrogen-bond acceptors (Lipinski definition) is 9. The largest absolute Gasteiger partial charge is 0.452 e. The fraction of sp³-hybridized carbons (Fsp3) is 0.222. The van der Waals surface area contributed by atoms with Crippen LogP contribution < -0.4 is 15.0 Å². The first kappa shape index (κ1) is 19.0. The highest BCUT2D eigenvalue weighted by atomic mass is 79.9. The topological polar surface area (TPSA) is 115 Å².